The van der Waals surface area contributed by atoms with Gasteiger partial charge in [-0.25, -0.2) is 0 Å². The lowest BCUT2D eigenvalue weighted by molar-refractivity contribution is 0.186. The molecule has 4 heteroatoms. The number of aliphatic hydroxyl groups is 3. The maximum absolute atomic E-state index is 7.74. The molecule has 8 heavy (non-hydrogen) atoms. The van der Waals surface area contributed by atoms with Crippen molar-refractivity contribution in [3.8, 4) is 0 Å². The van der Waals surface area contributed by atoms with Gasteiger partial charge in [-0.15, -0.1) is 11.6 Å². The van der Waals surface area contributed by atoms with E-state index in [1.54, 1.807) is 0 Å². The van der Waals surface area contributed by atoms with Gasteiger partial charge >= 0.3 is 0 Å². The summed E-state index contributed by atoms with van der Waals surface area (Å²) < 4.78 is 0. The van der Waals surface area contributed by atoms with Crippen LogP contribution in [0.5, 0.6) is 0 Å². The zero-order valence-electron chi connectivity index (χ0n) is 4.55. The van der Waals surface area contributed by atoms with Crippen LogP contribution in [0.15, 0.2) is 0 Å². The minimum Gasteiger partial charge on any atom is -0.395 e. The van der Waals surface area contributed by atoms with Crippen LogP contribution in [-0.4, -0.2) is 41.0 Å². The van der Waals surface area contributed by atoms with E-state index in [0.29, 0.717) is 5.88 Å². The monoisotopic (exact) mass is 142 g/mol. The van der Waals surface area contributed by atoms with E-state index in [2.05, 4.69) is 0 Å². The number of alkyl halides is 1. The molecule has 0 saturated carbocycles. The smallest absolute Gasteiger partial charge is 0.0662 e. The van der Waals surface area contributed by atoms with Gasteiger partial charge in [0.1, 0.15) is 0 Å². The molecular weight excluding hydrogens is 131 g/mol. The summed E-state index contributed by atoms with van der Waals surface area (Å²) in [6, 6.07) is 0. The third-order valence-corrected chi connectivity index (χ3v) is 0.354. The Morgan fingerprint density at radius 2 is 1.12 bits per heavy atom. The van der Waals surface area contributed by atoms with Crippen LogP contribution >= 0.6 is 11.6 Å². The van der Waals surface area contributed by atoms with E-state index in [1.807, 2.05) is 0 Å². The minimum atomic E-state index is -0.125. The van der Waals surface area contributed by atoms with Crippen molar-refractivity contribution in [1.29, 1.82) is 0 Å². The van der Waals surface area contributed by atoms with Crippen LogP contribution < -0.4 is 0 Å². The van der Waals surface area contributed by atoms with Gasteiger partial charge in [-0.3, -0.25) is 0 Å². The molecule has 0 heterocycles. The third-order valence-electron chi connectivity index (χ3n) is 0.185. The lowest BCUT2D eigenvalue weighted by Crippen LogP contribution is -1.85. The number of hydrogen-bond donors (Lipinski definition) is 3. The standard InChI is InChI=1S/C2H5ClO.C2H6O2/c2*3-1-2-4/h4H,1-2H2;3-4H,1-2H2. The zero-order chi connectivity index (χ0) is 6.83. The van der Waals surface area contributed by atoms with Crippen LogP contribution in [0.3, 0.4) is 0 Å². The van der Waals surface area contributed by atoms with Crippen LogP contribution in [0.1, 0.15) is 0 Å². The summed E-state index contributed by atoms with van der Waals surface area (Å²) >= 11 is 4.94. The van der Waals surface area contributed by atoms with E-state index in [4.69, 9.17) is 26.9 Å². The van der Waals surface area contributed by atoms with Gasteiger partial charge in [0.05, 0.1) is 19.8 Å². The largest absolute Gasteiger partial charge is 0.395 e. The molecular formula is C4H11ClO3. The first-order valence-corrected chi connectivity index (χ1v) is 2.75. The molecule has 0 aromatic rings. The second-order valence-corrected chi connectivity index (χ2v) is 1.24. The van der Waals surface area contributed by atoms with Crippen LogP contribution in [0.25, 0.3) is 0 Å². The van der Waals surface area contributed by atoms with E-state index in [0.717, 1.165) is 0 Å². The Bertz CT molecular complexity index is 19.2. The molecule has 0 amide bonds. The molecule has 3 nitrogen and oxygen atoms in total. The maximum atomic E-state index is 7.74. The van der Waals surface area contributed by atoms with Crippen molar-refractivity contribution < 1.29 is 15.3 Å². The molecule has 0 aromatic carbocycles. The summed E-state index contributed by atoms with van der Waals surface area (Å²) in [5.41, 5.74) is 0. The fourth-order valence-corrected chi connectivity index (χ4v) is 0. The fourth-order valence-electron chi connectivity index (χ4n) is 0. The highest BCUT2D eigenvalue weighted by Gasteiger charge is 1.60. The van der Waals surface area contributed by atoms with Crippen molar-refractivity contribution in [2.45, 2.75) is 0 Å². The Balaban J connectivity index is 0. The summed E-state index contributed by atoms with van der Waals surface area (Å²) in [6.45, 7) is -0.165. The number of aliphatic hydroxyl groups excluding tert-OH is 3. The number of halogens is 1. The van der Waals surface area contributed by atoms with E-state index >= 15 is 0 Å². The SMILES string of the molecule is OCCCl.OCCO. The average molecular weight is 143 g/mol. The topological polar surface area (TPSA) is 60.7 Å². The molecule has 0 rings (SSSR count). The average Bonchev–Trinajstić information content (AvgIpc) is 1.88. The first-order chi connectivity index (χ1) is 3.83. The van der Waals surface area contributed by atoms with Gasteiger partial charge in [0.25, 0.3) is 0 Å². The van der Waals surface area contributed by atoms with Gasteiger partial charge in [-0.1, -0.05) is 0 Å². The second kappa shape index (κ2) is 15.7. The van der Waals surface area contributed by atoms with Crippen molar-refractivity contribution in [2.75, 3.05) is 25.7 Å². The predicted molar refractivity (Wildman–Crippen MR) is 32.0 cm³/mol. The van der Waals surface area contributed by atoms with Gasteiger partial charge in [-0.2, -0.15) is 0 Å². The van der Waals surface area contributed by atoms with Crippen molar-refractivity contribution in [3.05, 3.63) is 0 Å². The molecule has 0 aromatic heterocycles. The zero-order valence-corrected chi connectivity index (χ0v) is 5.30. The van der Waals surface area contributed by atoms with Crippen LogP contribution in [0, 0.1) is 0 Å². The highest BCUT2D eigenvalue weighted by Crippen LogP contribution is 1.63. The minimum absolute atomic E-state index is 0.0849. The first-order valence-electron chi connectivity index (χ1n) is 2.22. The summed E-state index contributed by atoms with van der Waals surface area (Å²) in [4.78, 5) is 0. The molecule has 0 radical (unpaired) electrons. The summed E-state index contributed by atoms with van der Waals surface area (Å²) in [5, 5.41) is 23.0. The molecule has 0 spiro atoms. The Labute approximate surface area is 53.5 Å². The second-order valence-electron chi connectivity index (χ2n) is 0.860. The Hall–Kier alpha value is 0.170. The highest BCUT2D eigenvalue weighted by molar-refractivity contribution is 6.17. The van der Waals surface area contributed by atoms with Gasteiger partial charge < -0.3 is 15.3 Å². The molecule has 0 aliphatic rings. The molecule has 0 aliphatic carbocycles. The fraction of sp³-hybridized carbons (Fsp3) is 1.00. The van der Waals surface area contributed by atoms with Gasteiger partial charge in [0, 0.05) is 5.88 Å². The summed E-state index contributed by atoms with van der Waals surface area (Å²) in [5.74, 6) is 0.347. The Morgan fingerprint density at radius 3 is 1.12 bits per heavy atom. The van der Waals surface area contributed by atoms with Crippen molar-refractivity contribution >= 4 is 11.6 Å². The molecule has 0 aliphatic heterocycles. The van der Waals surface area contributed by atoms with Gasteiger partial charge in [-0.05, 0) is 0 Å². The Kier molecular flexibility index (Phi) is 21.6. The molecule has 0 fully saturated rings. The van der Waals surface area contributed by atoms with E-state index < -0.39 is 0 Å². The quantitative estimate of drug-likeness (QED) is 0.442. The number of hydrogen-bond acceptors (Lipinski definition) is 3. The van der Waals surface area contributed by atoms with Crippen LogP contribution in [-0.2, 0) is 0 Å². The van der Waals surface area contributed by atoms with E-state index in [1.165, 1.54) is 0 Å². The van der Waals surface area contributed by atoms with Crippen molar-refractivity contribution in [2.24, 2.45) is 0 Å². The summed E-state index contributed by atoms with van der Waals surface area (Å²) in [6.07, 6.45) is 0. The molecule has 0 bridgehead atoms. The molecule has 52 valence electrons. The Morgan fingerprint density at radius 1 is 0.875 bits per heavy atom. The highest BCUT2D eigenvalue weighted by atomic mass is 35.5. The first kappa shape index (κ1) is 11.0. The van der Waals surface area contributed by atoms with Crippen LogP contribution in [0.2, 0.25) is 0 Å². The predicted octanol–water partition coefficient (Wildman–Crippen LogP) is -0.812. The molecule has 0 atom stereocenters. The lowest BCUT2D eigenvalue weighted by atomic mass is 10.8. The molecule has 0 saturated heterocycles. The van der Waals surface area contributed by atoms with Gasteiger partial charge in [0.15, 0.2) is 0 Å². The van der Waals surface area contributed by atoms with Crippen molar-refractivity contribution in [3.63, 3.8) is 0 Å². The van der Waals surface area contributed by atoms with E-state index in [-0.39, 0.29) is 19.8 Å². The molecule has 0 unspecified atom stereocenters. The van der Waals surface area contributed by atoms with Crippen LogP contribution in [0.4, 0.5) is 0 Å². The molecule has 3 N–H and O–H groups in total. The normalized spacial score (nSPS) is 7.50. The lowest BCUT2D eigenvalue weighted by Gasteiger charge is -1.70. The van der Waals surface area contributed by atoms with Crippen molar-refractivity contribution in [1.82, 2.24) is 0 Å². The van der Waals surface area contributed by atoms with Gasteiger partial charge in [0.2, 0.25) is 0 Å². The van der Waals surface area contributed by atoms with E-state index in [9.17, 15) is 0 Å². The third kappa shape index (κ3) is 35.0. The number of rotatable bonds is 2. The summed E-state index contributed by atoms with van der Waals surface area (Å²) in [7, 11) is 0. The maximum Gasteiger partial charge on any atom is 0.0662 e.